The minimum atomic E-state index is 0.907. The fourth-order valence-corrected chi connectivity index (χ4v) is 3.19. The monoisotopic (exact) mass is 123 g/mol. The van der Waals surface area contributed by atoms with E-state index in [0.29, 0.717) is 0 Å². The van der Waals surface area contributed by atoms with E-state index in [1.165, 1.54) is 0 Å². The van der Waals surface area contributed by atoms with Crippen LogP contribution in [0.5, 0.6) is 0 Å². The van der Waals surface area contributed by atoms with Gasteiger partial charge in [-0.1, -0.05) is 0 Å². The third kappa shape index (κ3) is 0.315. The Bertz CT molecular complexity index is 152. The Morgan fingerprint density at radius 3 is 2.44 bits per heavy atom. The van der Waals surface area contributed by atoms with Crippen LogP contribution in [0, 0.1) is 17.8 Å². The molecular formula is C8H13N. The van der Waals surface area contributed by atoms with Crippen LogP contribution in [0.4, 0.5) is 0 Å². The van der Waals surface area contributed by atoms with Crippen LogP contribution in [0.25, 0.3) is 0 Å². The minimum Gasteiger partial charge on any atom is -0.300 e. The molecular weight excluding hydrogens is 110 g/mol. The third-order valence-corrected chi connectivity index (χ3v) is 3.96. The van der Waals surface area contributed by atoms with Gasteiger partial charge in [-0.2, -0.15) is 0 Å². The molecule has 0 N–H and O–H groups in total. The lowest BCUT2D eigenvalue weighted by Gasteiger charge is -2.34. The number of piperidine rings is 2. The van der Waals surface area contributed by atoms with Crippen LogP contribution in [0.1, 0.15) is 13.3 Å². The standard InChI is InChI=1S/C8H13N/c1-4-5-3-6-7(5)8(6)9(4)2/h4-8H,3H2,1-2H3. The molecule has 2 saturated carbocycles. The van der Waals surface area contributed by atoms with Gasteiger partial charge in [-0.05, 0) is 38.1 Å². The van der Waals surface area contributed by atoms with Crippen LogP contribution in [-0.2, 0) is 0 Å². The van der Waals surface area contributed by atoms with Crippen molar-refractivity contribution >= 4 is 0 Å². The Morgan fingerprint density at radius 1 is 1.33 bits per heavy atom. The van der Waals surface area contributed by atoms with Crippen LogP contribution in [0.2, 0.25) is 0 Å². The third-order valence-electron chi connectivity index (χ3n) is 3.96. The molecule has 0 amide bonds. The van der Waals surface area contributed by atoms with Gasteiger partial charge in [0, 0.05) is 12.1 Å². The van der Waals surface area contributed by atoms with Crippen molar-refractivity contribution in [1.82, 2.24) is 4.90 Å². The molecule has 0 radical (unpaired) electrons. The summed E-state index contributed by atoms with van der Waals surface area (Å²) >= 11 is 0. The first-order chi connectivity index (χ1) is 4.30. The Labute approximate surface area is 56.0 Å². The zero-order valence-electron chi connectivity index (χ0n) is 6.04. The van der Waals surface area contributed by atoms with Gasteiger partial charge < -0.3 is 0 Å². The molecule has 1 nitrogen and oxygen atoms in total. The second-order valence-corrected chi connectivity index (χ2v) is 4.04. The van der Waals surface area contributed by atoms with Crippen molar-refractivity contribution in [1.29, 1.82) is 0 Å². The summed E-state index contributed by atoms with van der Waals surface area (Å²) in [5.74, 6) is 3.41. The van der Waals surface area contributed by atoms with E-state index in [2.05, 4.69) is 18.9 Å². The normalized spacial score (nSPS) is 69.3. The van der Waals surface area contributed by atoms with E-state index < -0.39 is 0 Å². The van der Waals surface area contributed by atoms with E-state index in [1.54, 1.807) is 6.42 Å². The zero-order chi connectivity index (χ0) is 6.17. The van der Waals surface area contributed by atoms with Crippen LogP contribution in [0.15, 0.2) is 0 Å². The average Bonchev–Trinajstić information content (AvgIpc) is 2.27. The van der Waals surface area contributed by atoms with Gasteiger partial charge in [0.25, 0.3) is 0 Å². The first-order valence-corrected chi connectivity index (χ1v) is 4.02. The molecule has 2 aliphatic carbocycles. The Kier molecular flexibility index (Phi) is 0.563. The van der Waals surface area contributed by atoms with Gasteiger partial charge in [0.1, 0.15) is 0 Å². The fraction of sp³-hybridized carbons (Fsp3) is 1.00. The van der Waals surface area contributed by atoms with Crippen LogP contribution in [-0.4, -0.2) is 24.0 Å². The molecule has 0 spiro atoms. The van der Waals surface area contributed by atoms with E-state index in [4.69, 9.17) is 0 Å². The van der Waals surface area contributed by atoms with Crippen molar-refractivity contribution < 1.29 is 0 Å². The summed E-state index contributed by atoms with van der Waals surface area (Å²) in [5.41, 5.74) is 0. The van der Waals surface area contributed by atoms with Gasteiger partial charge in [-0.25, -0.2) is 0 Å². The van der Waals surface area contributed by atoms with Crippen molar-refractivity contribution in [3.63, 3.8) is 0 Å². The highest BCUT2D eigenvalue weighted by molar-refractivity contribution is 5.23. The van der Waals surface area contributed by atoms with E-state index >= 15 is 0 Å². The molecule has 0 aromatic carbocycles. The van der Waals surface area contributed by atoms with Crippen LogP contribution < -0.4 is 0 Å². The summed E-state index contributed by atoms with van der Waals surface area (Å²) in [5, 5.41) is 0. The first kappa shape index (κ1) is 4.73. The highest BCUT2D eigenvalue weighted by Crippen LogP contribution is 2.68. The summed E-state index contributed by atoms with van der Waals surface area (Å²) in [6, 6.07) is 1.94. The highest BCUT2D eigenvalue weighted by Gasteiger charge is 2.71. The fourth-order valence-electron chi connectivity index (χ4n) is 3.19. The molecule has 1 heterocycles. The number of fused-ring (bicyclic) bond motifs is 1. The topological polar surface area (TPSA) is 3.24 Å². The molecule has 9 heavy (non-hydrogen) atoms. The summed E-state index contributed by atoms with van der Waals surface area (Å²) in [6.07, 6.45) is 1.56. The smallest absolute Gasteiger partial charge is 0.0162 e. The van der Waals surface area contributed by atoms with Crippen molar-refractivity contribution in [3.05, 3.63) is 0 Å². The molecule has 3 fully saturated rings. The molecule has 3 aliphatic rings. The number of hydrogen-bond acceptors (Lipinski definition) is 1. The molecule has 0 aromatic heterocycles. The number of nitrogens with zero attached hydrogens (tertiary/aromatic N) is 1. The van der Waals surface area contributed by atoms with E-state index in [-0.39, 0.29) is 0 Å². The Hall–Kier alpha value is -0.0400. The summed E-state index contributed by atoms with van der Waals surface area (Å²) in [4.78, 5) is 2.59. The second kappa shape index (κ2) is 1.07. The van der Waals surface area contributed by atoms with Crippen LogP contribution >= 0.6 is 0 Å². The Balaban J connectivity index is 1.97. The van der Waals surface area contributed by atoms with Gasteiger partial charge in [0.2, 0.25) is 0 Å². The van der Waals surface area contributed by atoms with Crippen molar-refractivity contribution in [2.45, 2.75) is 25.4 Å². The van der Waals surface area contributed by atoms with Crippen molar-refractivity contribution in [3.8, 4) is 0 Å². The molecule has 3 rings (SSSR count). The van der Waals surface area contributed by atoms with Crippen molar-refractivity contribution in [2.75, 3.05) is 7.05 Å². The molecule has 1 aliphatic heterocycles. The van der Waals surface area contributed by atoms with Crippen LogP contribution in [0.3, 0.4) is 0 Å². The van der Waals surface area contributed by atoms with Gasteiger partial charge in [0.05, 0.1) is 0 Å². The lowest BCUT2D eigenvalue weighted by Crippen LogP contribution is -2.38. The largest absolute Gasteiger partial charge is 0.300 e. The van der Waals surface area contributed by atoms with E-state index in [1.807, 2.05) is 0 Å². The Morgan fingerprint density at radius 2 is 2.11 bits per heavy atom. The molecule has 0 bridgehead atoms. The van der Waals surface area contributed by atoms with Gasteiger partial charge in [-0.3, -0.25) is 4.90 Å². The number of rotatable bonds is 0. The number of hydrogen-bond donors (Lipinski definition) is 0. The molecule has 1 saturated heterocycles. The molecule has 5 atom stereocenters. The maximum atomic E-state index is 2.59. The van der Waals surface area contributed by atoms with Gasteiger partial charge in [0.15, 0.2) is 0 Å². The first-order valence-electron chi connectivity index (χ1n) is 4.02. The van der Waals surface area contributed by atoms with Crippen molar-refractivity contribution in [2.24, 2.45) is 17.8 Å². The number of likely N-dealkylation sites (tertiary alicyclic amines) is 1. The molecule has 5 unspecified atom stereocenters. The highest BCUT2D eigenvalue weighted by atomic mass is 15.3. The van der Waals surface area contributed by atoms with Gasteiger partial charge >= 0.3 is 0 Å². The van der Waals surface area contributed by atoms with E-state index in [9.17, 15) is 0 Å². The predicted octanol–water partition coefficient (Wildman–Crippen LogP) is 0.955. The summed E-state index contributed by atoms with van der Waals surface area (Å²) in [6.45, 7) is 2.38. The second-order valence-electron chi connectivity index (χ2n) is 4.04. The molecule has 0 aromatic rings. The predicted molar refractivity (Wildman–Crippen MR) is 36.1 cm³/mol. The summed E-state index contributed by atoms with van der Waals surface area (Å²) < 4.78 is 0. The lowest BCUT2D eigenvalue weighted by atomic mass is 9.80. The van der Waals surface area contributed by atoms with E-state index in [0.717, 1.165) is 29.8 Å². The SMILES string of the molecule is CC1C2CC3C2C3N1C. The maximum absolute atomic E-state index is 2.59. The zero-order valence-corrected chi connectivity index (χ0v) is 6.04. The van der Waals surface area contributed by atoms with Gasteiger partial charge in [-0.15, -0.1) is 0 Å². The molecule has 1 heteroatoms. The molecule has 50 valence electrons. The maximum Gasteiger partial charge on any atom is 0.0162 e. The minimum absolute atomic E-state index is 0.907. The lowest BCUT2D eigenvalue weighted by molar-refractivity contribution is 0.133. The summed E-state index contributed by atoms with van der Waals surface area (Å²) in [7, 11) is 2.29. The average molecular weight is 123 g/mol. The quantitative estimate of drug-likeness (QED) is 0.463.